The van der Waals surface area contributed by atoms with E-state index in [0.29, 0.717) is 4.90 Å². The Balaban J connectivity index is 2.38. The van der Waals surface area contributed by atoms with Gasteiger partial charge >= 0.3 is 5.97 Å². The van der Waals surface area contributed by atoms with Crippen molar-refractivity contribution < 1.29 is 27.5 Å². The van der Waals surface area contributed by atoms with Gasteiger partial charge in [-0.05, 0) is 22.4 Å². The molecular weight excluding hydrogens is 310 g/mol. The quantitative estimate of drug-likeness (QED) is 0.505. The molecule has 0 aliphatic heterocycles. The van der Waals surface area contributed by atoms with Gasteiger partial charge in [-0.25, -0.2) is 4.63 Å². The van der Waals surface area contributed by atoms with E-state index in [2.05, 4.69) is 14.9 Å². The molecule has 0 spiro atoms. The Morgan fingerprint density at radius 1 is 1.40 bits per heavy atom. The van der Waals surface area contributed by atoms with Crippen LogP contribution in [-0.2, 0) is 14.9 Å². The molecule has 1 aromatic heterocycles. The van der Waals surface area contributed by atoms with Crippen molar-refractivity contribution in [1.29, 1.82) is 0 Å². The van der Waals surface area contributed by atoms with Crippen LogP contribution in [0.4, 0.5) is 0 Å². The van der Waals surface area contributed by atoms with Crippen LogP contribution in [0.15, 0.2) is 26.6 Å². The van der Waals surface area contributed by atoms with E-state index in [4.69, 9.17) is 15.4 Å². The summed E-state index contributed by atoms with van der Waals surface area (Å²) in [5, 5.41) is 15.7. The molecule has 108 valence electrons. The first-order valence-corrected chi connectivity index (χ1v) is 7.57. The summed E-state index contributed by atoms with van der Waals surface area (Å²) in [7, 11) is -4.45. The molecule has 1 atom stereocenters. The molecule has 2 rings (SSSR count). The number of carboxylic acid groups (broad SMARTS) is 1. The van der Waals surface area contributed by atoms with Crippen LogP contribution in [0.1, 0.15) is 0 Å². The van der Waals surface area contributed by atoms with E-state index in [-0.39, 0.29) is 16.8 Å². The Hall–Kier alpha value is -1.69. The Labute approximate surface area is 116 Å². The molecule has 1 heterocycles. The molecule has 0 saturated carbocycles. The molecule has 20 heavy (non-hydrogen) atoms. The third-order valence-electron chi connectivity index (χ3n) is 2.35. The maximum atomic E-state index is 11.2. The minimum atomic E-state index is -4.45. The third kappa shape index (κ3) is 2.90. The molecule has 0 unspecified atom stereocenters. The summed E-state index contributed by atoms with van der Waals surface area (Å²) >= 11 is 1.07. The summed E-state index contributed by atoms with van der Waals surface area (Å²) in [6, 6.07) is 1.43. The van der Waals surface area contributed by atoms with Gasteiger partial charge < -0.3 is 10.8 Å². The molecule has 4 N–H and O–H groups in total. The zero-order chi connectivity index (χ0) is 14.9. The number of nitrogens with zero attached hydrogens (tertiary/aromatic N) is 2. The number of carboxylic acids is 1. The standard InChI is InChI=1S/C9H9N3O6S2/c10-4(9(13)14)3-19-5-1-2-6(20(15,16)17)8-7(5)11-18-12-8/h1-2,4H,3,10H2,(H,13,14)(H,15,16,17)/t4-/m0/s1. The average molecular weight is 319 g/mol. The second kappa shape index (κ2) is 5.36. The number of rotatable bonds is 5. The van der Waals surface area contributed by atoms with Crippen LogP contribution in [-0.4, -0.2) is 46.2 Å². The van der Waals surface area contributed by atoms with E-state index in [1.54, 1.807) is 0 Å². The van der Waals surface area contributed by atoms with Gasteiger partial charge in [0.25, 0.3) is 10.1 Å². The lowest BCUT2D eigenvalue weighted by Crippen LogP contribution is -2.32. The number of benzene rings is 1. The number of hydrogen-bond acceptors (Lipinski definition) is 8. The lowest BCUT2D eigenvalue weighted by atomic mass is 10.3. The van der Waals surface area contributed by atoms with Crippen LogP contribution in [0, 0.1) is 0 Å². The van der Waals surface area contributed by atoms with Crippen molar-refractivity contribution >= 4 is 38.9 Å². The highest BCUT2D eigenvalue weighted by atomic mass is 32.2. The van der Waals surface area contributed by atoms with Crippen LogP contribution in [0.3, 0.4) is 0 Å². The van der Waals surface area contributed by atoms with E-state index < -0.39 is 27.0 Å². The van der Waals surface area contributed by atoms with Crippen LogP contribution in [0.25, 0.3) is 11.0 Å². The van der Waals surface area contributed by atoms with Gasteiger partial charge in [-0.15, -0.1) is 11.8 Å². The molecule has 0 saturated heterocycles. The van der Waals surface area contributed by atoms with Gasteiger partial charge in [-0.3, -0.25) is 9.35 Å². The van der Waals surface area contributed by atoms with Gasteiger partial charge in [0.1, 0.15) is 16.5 Å². The molecule has 2 aromatic rings. The van der Waals surface area contributed by atoms with Crippen LogP contribution in [0.5, 0.6) is 0 Å². The summed E-state index contributed by atoms with van der Waals surface area (Å²) < 4.78 is 35.8. The summed E-state index contributed by atoms with van der Waals surface area (Å²) in [4.78, 5) is 10.6. The molecule has 0 bridgehead atoms. The monoisotopic (exact) mass is 319 g/mol. The molecule has 0 aliphatic rings. The first kappa shape index (κ1) is 14.7. The summed E-state index contributed by atoms with van der Waals surface area (Å²) in [5.41, 5.74) is 5.36. The lowest BCUT2D eigenvalue weighted by Gasteiger charge is -2.06. The highest BCUT2D eigenvalue weighted by molar-refractivity contribution is 7.99. The minimum absolute atomic E-state index is 0.0581. The number of hydrogen-bond donors (Lipinski definition) is 3. The Morgan fingerprint density at radius 2 is 2.05 bits per heavy atom. The lowest BCUT2D eigenvalue weighted by molar-refractivity contribution is -0.137. The van der Waals surface area contributed by atoms with Gasteiger partial charge in [-0.2, -0.15) is 8.42 Å². The van der Waals surface area contributed by atoms with Crippen LogP contribution in [0.2, 0.25) is 0 Å². The zero-order valence-electron chi connectivity index (χ0n) is 9.75. The van der Waals surface area contributed by atoms with E-state index in [0.717, 1.165) is 17.8 Å². The summed E-state index contributed by atoms with van der Waals surface area (Å²) in [6.07, 6.45) is 0. The first-order chi connectivity index (χ1) is 9.30. The number of aliphatic carboxylic acids is 1. The highest BCUT2D eigenvalue weighted by Gasteiger charge is 2.21. The Bertz CT molecular complexity index is 756. The summed E-state index contributed by atoms with van der Waals surface area (Å²) in [5.74, 6) is -1.09. The molecule has 11 heteroatoms. The fourth-order valence-electron chi connectivity index (χ4n) is 1.40. The largest absolute Gasteiger partial charge is 0.480 e. The van der Waals surface area contributed by atoms with Crippen LogP contribution < -0.4 is 5.73 Å². The second-order valence-electron chi connectivity index (χ2n) is 3.75. The van der Waals surface area contributed by atoms with E-state index in [1.165, 1.54) is 6.07 Å². The van der Waals surface area contributed by atoms with Gasteiger partial charge in [0, 0.05) is 10.6 Å². The predicted molar refractivity (Wildman–Crippen MR) is 68.0 cm³/mol. The molecule has 1 aromatic carbocycles. The smallest absolute Gasteiger partial charge is 0.321 e. The number of nitrogens with two attached hydrogens (primary N) is 1. The van der Waals surface area contributed by atoms with Crippen LogP contribution >= 0.6 is 11.8 Å². The maximum absolute atomic E-state index is 11.2. The number of fused-ring (bicyclic) bond motifs is 1. The minimum Gasteiger partial charge on any atom is -0.480 e. The molecule has 0 fully saturated rings. The fraction of sp³-hybridized carbons (Fsp3) is 0.222. The van der Waals surface area contributed by atoms with Crippen molar-refractivity contribution in [2.45, 2.75) is 15.8 Å². The number of aromatic nitrogens is 2. The first-order valence-electron chi connectivity index (χ1n) is 5.14. The number of carbonyl (C=O) groups is 1. The van der Waals surface area contributed by atoms with Crippen molar-refractivity contribution in [3.63, 3.8) is 0 Å². The van der Waals surface area contributed by atoms with Gasteiger partial charge in [0.2, 0.25) is 0 Å². The Morgan fingerprint density at radius 3 is 2.65 bits per heavy atom. The second-order valence-corrected chi connectivity index (χ2v) is 6.21. The van der Waals surface area contributed by atoms with Crippen molar-refractivity contribution in [1.82, 2.24) is 10.3 Å². The number of thioether (sulfide) groups is 1. The van der Waals surface area contributed by atoms with E-state index >= 15 is 0 Å². The van der Waals surface area contributed by atoms with Gasteiger partial charge in [0.15, 0.2) is 5.52 Å². The Kier molecular flexibility index (Phi) is 3.94. The van der Waals surface area contributed by atoms with Crippen molar-refractivity contribution in [2.75, 3.05) is 5.75 Å². The average Bonchev–Trinajstić information content (AvgIpc) is 2.82. The topological polar surface area (TPSA) is 157 Å². The van der Waals surface area contributed by atoms with Crippen molar-refractivity contribution in [3.8, 4) is 0 Å². The molecule has 0 amide bonds. The molecular formula is C9H9N3O6S2. The molecule has 0 aliphatic carbocycles. The van der Waals surface area contributed by atoms with E-state index in [1.807, 2.05) is 0 Å². The normalized spacial score (nSPS) is 13.5. The van der Waals surface area contributed by atoms with Crippen molar-refractivity contribution in [3.05, 3.63) is 12.1 Å². The maximum Gasteiger partial charge on any atom is 0.321 e. The SMILES string of the molecule is N[C@@H](CSc1ccc(S(=O)(=O)O)c2nonc12)C(=O)O. The molecule has 9 nitrogen and oxygen atoms in total. The summed E-state index contributed by atoms with van der Waals surface area (Å²) in [6.45, 7) is 0. The zero-order valence-corrected chi connectivity index (χ0v) is 11.4. The molecule has 0 radical (unpaired) electrons. The third-order valence-corrected chi connectivity index (χ3v) is 4.41. The fourth-order valence-corrected chi connectivity index (χ4v) is 2.95. The van der Waals surface area contributed by atoms with Gasteiger partial charge in [-0.1, -0.05) is 0 Å². The van der Waals surface area contributed by atoms with Gasteiger partial charge in [0.05, 0.1) is 0 Å². The highest BCUT2D eigenvalue weighted by Crippen LogP contribution is 2.30. The van der Waals surface area contributed by atoms with Crippen molar-refractivity contribution in [2.24, 2.45) is 5.73 Å². The predicted octanol–water partition coefficient (Wildman–Crippen LogP) is -0.0265. The van der Waals surface area contributed by atoms with E-state index in [9.17, 15) is 13.2 Å².